The van der Waals surface area contributed by atoms with Gasteiger partial charge >= 0.3 is 6.09 Å². The van der Waals surface area contributed by atoms with E-state index in [1.165, 1.54) is 5.56 Å². The Kier molecular flexibility index (Phi) is 7.25. The minimum Gasteiger partial charge on any atom is -0.490 e. The van der Waals surface area contributed by atoms with E-state index in [2.05, 4.69) is 37.0 Å². The average Bonchev–Trinajstić information content (AvgIpc) is 3.47. The van der Waals surface area contributed by atoms with Gasteiger partial charge in [0.15, 0.2) is 0 Å². The molecule has 1 unspecified atom stereocenters. The van der Waals surface area contributed by atoms with Gasteiger partial charge in [0.2, 0.25) is 0 Å². The zero-order valence-corrected chi connectivity index (χ0v) is 21.6. The molecule has 7 heteroatoms. The van der Waals surface area contributed by atoms with Crippen molar-refractivity contribution in [3.05, 3.63) is 59.3 Å². The normalized spacial score (nSPS) is 19.6. The molecule has 0 radical (unpaired) electrons. The van der Waals surface area contributed by atoms with Crippen LogP contribution >= 0.6 is 11.3 Å². The van der Waals surface area contributed by atoms with E-state index in [1.807, 2.05) is 44.3 Å². The lowest BCUT2D eigenvalue weighted by Crippen LogP contribution is -2.53. The molecule has 1 saturated heterocycles. The number of carbonyl (C=O) groups is 1. The van der Waals surface area contributed by atoms with Crippen LogP contribution in [0.3, 0.4) is 0 Å². The molecule has 0 saturated carbocycles. The van der Waals surface area contributed by atoms with E-state index in [0.717, 1.165) is 45.8 Å². The van der Waals surface area contributed by atoms with Crippen LogP contribution in [0.2, 0.25) is 0 Å². The van der Waals surface area contributed by atoms with Gasteiger partial charge in [-0.3, -0.25) is 0 Å². The van der Waals surface area contributed by atoms with E-state index in [1.54, 1.807) is 11.3 Å². The van der Waals surface area contributed by atoms with Gasteiger partial charge in [-0.2, -0.15) is 10.1 Å². The Balaban J connectivity index is 1.68. The van der Waals surface area contributed by atoms with Gasteiger partial charge in [0.05, 0.1) is 29.1 Å². The summed E-state index contributed by atoms with van der Waals surface area (Å²) < 4.78 is 5.85. The third-order valence-corrected chi connectivity index (χ3v) is 8.04. The Morgan fingerprint density at radius 3 is 2.77 bits per heavy atom. The molecule has 35 heavy (non-hydrogen) atoms. The van der Waals surface area contributed by atoms with Crippen molar-refractivity contribution >= 4 is 17.4 Å². The summed E-state index contributed by atoms with van der Waals surface area (Å²) in [5.41, 5.74) is 4.75. The van der Waals surface area contributed by atoms with E-state index in [9.17, 15) is 15.2 Å². The van der Waals surface area contributed by atoms with Gasteiger partial charge in [0.25, 0.3) is 0 Å². The van der Waals surface area contributed by atoms with Gasteiger partial charge in [-0.1, -0.05) is 25.1 Å². The topological polar surface area (TPSA) is 83.2 Å². The van der Waals surface area contributed by atoms with Crippen LogP contribution in [0, 0.1) is 11.3 Å². The van der Waals surface area contributed by atoms with Crippen LogP contribution < -0.4 is 4.74 Å². The number of hydrogen-bond acceptors (Lipinski definition) is 5. The molecule has 182 valence electrons. The number of rotatable bonds is 7. The van der Waals surface area contributed by atoms with Crippen molar-refractivity contribution in [3.63, 3.8) is 0 Å². The van der Waals surface area contributed by atoms with E-state index < -0.39 is 6.09 Å². The Bertz CT molecular complexity index is 1280. The number of aromatic nitrogens is 1. The predicted molar refractivity (Wildman–Crippen MR) is 138 cm³/mol. The number of benzene rings is 2. The van der Waals surface area contributed by atoms with Crippen LogP contribution in [0.1, 0.15) is 57.2 Å². The molecule has 2 aromatic carbocycles. The van der Waals surface area contributed by atoms with E-state index >= 15 is 0 Å². The van der Waals surface area contributed by atoms with Gasteiger partial charge < -0.3 is 9.84 Å². The lowest BCUT2D eigenvalue weighted by Gasteiger charge is -2.33. The second-order valence-electron chi connectivity index (χ2n) is 9.51. The first-order chi connectivity index (χ1) is 16.8. The molecule has 0 aliphatic carbocycles. The fourth-order valence-electron chi connectivity index (χ4n) is 5.10. The summed E-state index contributed by atoms with van der Waals surface area (Å²) in [4.78, 5) is 18.0. The van der Waals surface area contributed by atoms with Crippen LogP contribution in [-0.4, -0.2) is 39.4 Å². The molecule has 2 heterocycles. The Morgan fingerprint density at radius 1 is 1.34 bits per heavy atom. The number of amides is 1. The summed E-state index contributed by atoms with van der Waals surface area (Å²) in [6, 6.07) is 14.1. The Labute approximate surface area is 211 Å². The van der Waals surface area contributed by atoms with Gasteiger partial charge in [-0.25, -0.2) is 9.47 Å². The summed E-state index contributed by atoms with van der Waals surface area (Å²) in [5.74, 6) is 0.579. The minimum atomic E-state index is -0.735. The number of nitrogens with zero attached hydrogens (tertiary/aromatic N) is 3. The maximum Gasteiger partial charge on any atom is 0.514 e. The molecule has 6 nitrogen and oxygen atoms in total. The molecule has 1 fully saturated rings. The summed E-state index contributed by atoms with van der Waals surface area (Å²) in [6.45, 7) is 9.22. The molecular formula is C28H32N3O3S+. The summed E-state index contributed by atoms with van der Waals surface area (Å²) >= 11 is 1.58. The highest BCUT2D eigenvalue weighted by molar-refractivity contribution is 7.18. The van der Waals surface area contributed by atoms with Crippen molar-refractivity contribution in [1.82, 2.24) is 4.98 Å². The van der Waals surface area contributed by atoms with Crippen molar-refractivity contribution in [3.8, 4) is 32.8 Å². The fourth-order valence-corrected chi connectivity index (χ4v) is 6.06. The molecule has 2 atom stereocenters. The summed E-state index contributed by atoms with van der Waals surface area (Å²) in [7, 11) is 0. The minimum absolute atomic E-state index is 0.00901. The zero-order chi connectivity index (χ0) is 25.2. The number of likely N-dealkylation sites (tertiary alicyclic amines) is 1. The number of thiazole rings is 1. The number of ether oxygens (including phenoxy) is 1. The van der Waals surface area contributed by atoms with Crippen LogP contribution in [-0.2, 0) is 13.0 Å². The van der Waals surface area contributed by atoms with Crippen molar-refractivity contribution in [1.29, 1.82) is 5.26 Å². The fraction of sp³-hybridized carbons (Fsp3) is 0.393. The standard InChI is InChI=1S/C28H31N3O3S/c1-5-23-21(17-31(28(32)33)13-7-8-19(31)4)9-6-10-24(23)26-16-30-27(35-26)20-11-12-25(34-18(2)3)22(14-20)15-29/h6,9-12,14,16,18-19H,5,7-8,13,17H2,1-4H3/p+1/t19-,31?/m1/s1. The highest BCUT2D eigenvalue weighted by Crippen LogP contribution is 2.38. The monoisotopic (exact) mass is 490 g/mol. The first kappa shape index (κ1) is 24.9. The largest absolute Gasteiger partial charge is 0.514 e. The highest BCUT2D eigenvalue weighted by atomic mass is 32.1. The first-order valence-electron chi connectivity index (χ1n) is 12.2. The summed E-state index contributed by atoms with van der Waals surface area (Å²) in [6.07, 6.45) is 3.83. The quantitative estimate of drug-likeness (QED) is 0.365. The molecule has 1 aliphatic heterocycles. The molecular weight excluding hydrogens is 458 g/mol. The van der Waals surface area contributed by atoms with Crippen molar-refractivity contribution in [2.45, 2.75) is 65.6 Å². The van der Waals surface area contributed by atoms with E-state index in [0.29, 0.717) is 24.4 Å². The molecule has 0 spiro atoms. The maximum absolute atomic E-state index is 12.3. The smallest absolute Gasteiger partial charge is 0.490 e. The van der Waals surface area contributed by atoms with Gasteiger partial charge in [0.1, 0.15) is 23.4 Å². The number of carboxylic acid groups (broad SMARTS) is 1. The van der Waals surface area contributed by atoms with Gasteiger partial charge in [-0.05, 0) is 56.5 Å². The van der Waals surface area contributed by atoms with Crippen molar-refractivity contribution in [2.75, 3.05) is 6.54 Å². The first-order valence-corrected chi connectivity index (χ1v) is 13.0. The molecule has 4 rings (SSSR count). The number of hydrogen-bond donors (Lipinski definition) is 1. The molecule has 0 bridgehead atoms. The lowest BCUT2D eigenvalue weighted by atomic mass is 9.97. The molecule has 1 aromatic heterocycles. The second kappa shape index (κ2) is 10.2. The molecule has 1 N–H and O–H groups in total. The summed E-state index contributed by atoms with van der Waals surface area (Å²) in [5, 5.41) is 20.5. The lowest BCUT2D eigenvalue weighted by molar-refractivity contribution is -0.880. The molecule has 1 aliphatic rings. The predicted octanol–water partition coefficient (Wildman–Crippen LogP) is 6.88. The van der Waals surface area contributed by atoms with Crippen molar-refractivity contribution in [2.24, 2.45) is 0 Å². The average molecular weight is 491 g/mol. The van der Waals surface area contributed by atoms with Crippen LogP contribution in [0.25, 0.3) is 21.0 Å². The van der Waals surface area contributed by atoms with Crippen LogP contribution in [0.4, 0.5) is 4.79 Å². The second-order valence-corrected chi connectivity index (χ2v) is 10.5. The van der Waals surface area contributed by atoms with Crippen molar-refractivity contribution < 1.29 is 19.1 Å². The maximum atomic E-state index is 12.3. The third kappa shape index (κ3) is 4.82. The number of quaternary nitrogens is 1. The van der Waals surface area contributed by atoms with E-state index in [4.69, 9.17) is 4.74 Å². The zero-order valence-electron chi connectivity index (χ0n) is 20.7. The third-order valence-electron chi connectivity index (χ3n) is 6.96. The van der Waals surface area contributed by atoms with Crippen LogP contribution in [0.5, 0.6) is 5.75 Å². The number of nitriles is 1. The van der Waals surface area contributed by atoms with Gasteiger partial charge in [0, 0.05) is 30.2 Å². The van der Waals surface area contributed by atoms with E-state index in [-0.39, 0.29) is 16.6 Å². The highest BCUT2D eigenvalue weighted by Gasteiger charge is 2.46. The van der Waals surface area contributed by atoms with Crippen LogP contribution in [0.15, 0.2) is 42.6 Å². The SMILES string of the molecule is CCc1c(C[N+]2(C(=O)O)CCC[C@H]2C)cccc1-c1cnc(-c2ccc(OC(C)C)c(C#N)c2)s1. The van der Waals surface area contributed by atoms with Gasteiger partial charge in [-0.15, -0.1) is 11.3 Å². The molecule has 3 aromatic rings. The molecule has 1 amide bonds. The Morgan fingerprint density at radius 2 is 2.14 bits per heavy atom. The Hall–Kier alpha value is -3.21.